The molecule has 1 aromatic rings. The predicted octanol–water partition coefficient (Wildman–Crippen LogP) is 2.29. The van der Waals surface area contributed by atoms with Crippen LogP contribution in [0.2, 0.25) is 0 Å². The molecule has 2 rings (SSSR count). The fourth-order valence-electron chi connectivity index (χ4n) is 2.79. The highest BCUT2D eigenvalue weighted by atomic mass is 32.2. The average Bonchev–Trinajstić information content (AvgIpc) is 2.47. The molecule has 4 heteroatoms. The molecule has 0 radical (unpaired) electrons. The Morgan fingerprint density at radius 2 is 2.05 bits per heavy atom. The zero-order valence-electron chi connectivity index (χ0n) is 12.7. The van der Waals surface area contributed by atoms with Crippen LogP contribution in [0.4, 0.5) is 0 Å². The lowest BCUT2D eigenvalue weighted by molar-refractivity contribution is 0.0823. The van der Waals surface area contributed by atoms with Gasteiger partial charge in [0, 0.05) is 37.6 Å². The van der Waals surface area contributed by atoms with Crippen molar-refractivity contribution < 1.29 is 5.11 Å². The number of aliphatic hydroxyl groups excluding tert-OH is 1. The molecule has 2 N–H and O–H groups in total. The quantitative estimate of drug-likeness (QED) is 0.817. The molecule has 1 heterocycles. The second-order valence-corrected chi connectivity index (χ2v) is 6.57. The summed E-state index contributed by atoms with van der Waals surface area (Å²) in [6, 6.07) is 6.36. The van der Waals surface area contributed by atoms with E-state index in [1.54, 1.807) is 11.8 Å². The summed E-state index contributed by atoms with van der Waals surface area (Å²) in [5, 5.41) is 14.1. The largest absolute Gasteiger partial charge is 0.388 e. The van der Waals surface area contributed by atoms with Crippen LogP contribution in [-0.2, 0) is 0 Å². The number of aryl methyl sites for hydroxylation is 1. The van der Waals surface area contributed by atoms with E-state index in [1.807, 2.05) is 0 Å². The van der Waals surface area contributed by atoms with Gasteiger partial charge in [0.2, 0.25) is 0 Å². The van der Waals surface area contributed by atoms with Gasteiger partial charge in [0.25, 0.3) is 0 Å². The van der Waals surface area contributed by atoms with Gasteiger partial charge in [-0.05, 0) is 30.7 Å². The maximum absolute atomic E-state index is 10.7. The summed E-state index contributed by atoms with van der Waals surface area (Å²) in [5.41, 5.74) is 2.30. The summed E-state index contributed by atoms with van der Waals surface area (Å²) in [7, 11) is 0. The maximum Gasteiger partial charge on any atom is 0.0838 e. The van der Waals surface area contributed by atoms with E-state index in [0.717, 1.165) is 38.3 Å². The summed E-state index contributed by atoms with van der Waals surface area (Å²) in [5.74, 6) is 0.251. The van der Waals surface area contributed by atoms with Crippen molar-refractivity contribution in [1.29, 1.82) is 0 Å². The number of piperazine rings is 1. The van der Waals surface area contributed by atoms with Crippen LogP contribution >= 0.6 is 11.8 Å². The Hall–Kier alpha value is -0.550. The second kappa shape index (κ2) is 7.46. The Bertz CT molecular complexity index is 432. The van der Waals surface area contributed by atoms with E-state index < -0.39 is 0 Å². The molecule has 2 unspecified atom stereocenters. The molecule has 0 aliphatic carbocycles. The Kier molecular flexibility index (Phi) is 5.90. The molecular formula is C16H26N2OS. The molecule has 0 amide bonds. The zero-order valence-corrected chi connectivity index (χ0v) is 13.5. The van der Waals surface area contributed by atoms with Gasteiger partial charge in [-0.1, -0.05) is 24.6 Å². The van der Waals surface area contributed by atoms with Crippen LogP contribution in [0.1, 0.15) is 24.2 Å². The third-order valence-electron chi connectivity index (χ3n) is 4.00. The van der Waals surface area contributed by atoms with E-state index >= 15 is 0 Å². The monoisotopic (exact) mass is 294 g/mol. The number of nitrogens with one attached hydrogen (secondary N) is 1. The average molecular weight is 294 g/mol. The summed E-state index contributed by atoms with van der Waals surface area (Å²) in [6.45, 7) is 9.48. The fourth-order valence-corrected chi connectivity index (χ4v) is 3.41. The molecule has 1 aliphatic rings. The first kappa shape index (κ1) is 15.8. The first-order valence-electron chi connectivity index (χ1n) is 7.37. The topological polar surface area (TPSA) is 35.5 Å². The molecule has 0 saturated carbocycles. The fraction of sp³-hybridized carbons (Fsp3) is 0.625. The van der Waals surface area contributed by atoms with Gasteiger partial charge in [0.15, 0.2) is 0 Å². The third kappa shape index (κ3) is 3.98. The van der Waals surface area contributed by atoms with Crippen LogP contribution in [0.25, 0.3) is 0 Å². The first-order valence-corrected chi connectivity index (χ1v) is 8.60. The molecule has 0 aromatic heterocycles. The summed E-state index contributed by atoms with van der Waals surface area (Å²) < 4.78 is 0. The van der Waals surface area contributed by atoms with E-state index in [0.29, 0.717) is 0 Å². The van der Waals surface area contributed by atoms with Crippen molar-refractivity contribution in [3.8, 4) is 0 Å². The Morgan fingerprint density at radius 1 is 1.35 bits per heavy atom. The van der Waals surface area contributed by atoms with Crippen molar-refractivity contribution >= 4 is 11.8 Å². The molecule has 20 heavy (non-hydrogen) atoms. The van der Waals surface area contributed by atoms with Crippen LogP contribution in [0.5, 0.6) is 0 Å². The smallest absolute Gasteiger partial charge is 0.0838 e. The molecule has 1 saturated heterocycles. The van der Waals surface area contributed by atoms with Crippen LogP contribution < -0.4 is 5.32 Å². The van der Waals surface area contributed by atoms with Crippen molar-refractivity contribution in [2.45, 2.75) is 24.8 Å². The van der Waals surface area contributed by atoms with Gasteiger partial charge in [-0.3, -0.25) is 0 Å². The lowest BCUT2D eigenvalue weighted by atomic mass is 9.95. The molecule has 1 aliphatic heterocycles. The lowest BCUT2D eigenvalue weighted by Gasteiger charge is -2.31. The minimum Gasteiger partial charge on any atom is -0.388 e. The van der Waals surface area contributed by atoms with Crippen LogP contribution in [0.15, 0.2) is 23.1 Å². The minimum atomic E-state index is -0.382. The van der Waals surface area contributed by atoms with Crippen LogP contribution in [0, 0.1) is 12.8 Å². The number of hydrogen-bond donors (Lipinski definition) is 2. The second-order valence-electron chi connectivity index (χ2n) is 5.72. The Balaban J connectivity index is 2.05. The summed E-state index contributed by atoms with van der Waals surface area (Å²) in [4.78, 5) is 3.63. The van der Waals surface area contributed by atoms with E-state index in [9.17, 15) is 5.11 Å². The van der Waals surface area contributed by atoms with Gasteiger partial charge in [-0.25, -0.2) is 0 Å². The van der Waals surface area contributed by atoms with E-state index in [2.05, 4.69) is 48.5 Å². The Morgan fingerprint density at radius 3 is 2.70 bits per heavy atom. The predicted molar refractivity (Wildman–Crippen MR) is 86.4 cm³/mol. The summed E-state index contributed by atoms with van der Waals surface area (Å²) >= 11 is 1.71. The van der Waals surface area contributed by atoms with E-state index in [-0.39, 0.29) is 12.0 Å². The molecular weight excluding hydrogens is 268 g/mol. The summed E-state index contributed by atoms with van der Waals surface area (Å²) in [6.07, 6.45) is 1.69. The standard InChI is InChI=1S/C16H26N2OS/c1-12-4-5-15(20-3)14(10-12)16(19)13(2)11-18-8-6-17-7-9-18/h4-5,10,13,16-17,19H,6-9,11H2,1-3H3. The van der Waals surface area contributed by atoms with Crippen molar-refractivity contribution in [2.75, 3.05) is 39.0 Å². The zero-order chi connectivity index (χ0) is 14.5. The van der Waals surface area contributed by atoms with Crippen molar-refractivity contribution in [3.63, 3.8) is 0 Å². The molecule has 2 atom stereocenters. The van der Waals surface area contributed by atoms with Gasteiger partial charge in [0.05, 0.1) is 6.10 Å². The molecule has 1 aromatic carbocycles. The molecule has 0 spiro atoms. The highest BCUT2D eigenvalue weighted by Gasteiger charge is 2.22. The number of thioether (sulfide) groups is 1. The van der Waals surface area contributed by atoms with E-state index in [1.165, 1.54) is 10.5 Å². The molecule has 1 fully saturated rings. The van der Waals surface area contributed by atoms with E-state index in [4.69, 9.17) is 0 Å². The normalized spacial score (nSPS) is 19.8. The molecule has 3 nitrogen and oxygen atoms in total. The van der Waals surface area contributed by atoms with Crippen LogP contribution in [0.3, 0.4) is 0 Å². The third-order valence-corrected chi connectivity index (χ3v) is 4.81. The SMILES string of the molecule is CSc1ccc(C)cc1C(O)C(C)CN1CCNCC1. The first-order chi connectivity index (χ1) is 9.61. The molecule has 0 bridgehead atoms. The number of rotatable bonds is 5. The van der Waals surface area contributed by atoms with Gasteiger partial charge in [-0.2, -0.15) is 0 Å². The molecule has 112 valence electrons. The lowest BCUT2D eigenvalue weighted by Crippen LogP contribution is -2.45. The minimum absolute atomic E-state index is 0.251. The van der Waals surface area contributed by atoms with Crippen LogP contribution in [-0.4, -0.2) is 49.0 Å². The van der Waals surface area contributed by atoms with Gasteiger partial charge >= 0.3 is 0 Å². The van der Waals surface area contributed by atoms with Gasteiger partial charge < -0.3 is 15.3 Å². The Labute approximate surface area is 126 Å². The highest BCUT2D eigenvalue weighted by molar-refractivity contribution is 7.98. The van der Waals surface area contributed by atoms with Gasteiger partial charge in [0.1, 0.15) is 0 Å². The van der Waals surface area contributed by atoms with Gasteiger partial charge in [-0.15, -0.1) is 11.8 Å². The number of hydrogen-bond acceptors (Lipinski definition) is 4. The maximum atomic E-state index is 10.7. The highest BCUT2D eigenvalue weighted by Crippen LogP contribution is 2.31. The van der Waals surface area contributed by atoms with Crippen molar-refractivity contribution in [1.82, 2.24) is 10.2 Å². The number of nitrogens with zero attached hydrogens (tertiary/aromatic N) is 1. The van der Waals surface area contributed by atoms with Crippen molar-refractivity contribution in [3.05, 3.63) is 29.3 Å². The number of aliphatic hydroxyl groups is 1. The number of benzene rings is 1. The van der Waals surface area contributed by atoms with Crippen molar-refractivity contribution in [2.24, 2.45) is 5.92 Å².